The van der Waals surface area contributed by atoms with E-state index in [4.69, 9.17) is 4.74 Å². The summed E-state index contributed by atoms with van der Waals surface area (Å²) in [5, 5.41) is 0.397. The van der Waals surface area contributed by atoms with Crippen LogP contribution < -0.4 is 0 Å². The lowest BCUT2D eigenvalue weighted by molar-refractivity contribution is -0.128. The van der Waals surface area contributed by atoms with Crippen molar-refractivity contribution in [2.24, 2.45) is 5.41 Å². The molecule has 0 radical (unpaired) electrons. The first-order valence-corrected chi connectivity index (χ1v) is 7.71. The van der Waals surface area contributed by atoms with Gasteiger partial charge in [0.1, 0.15) is 5.78 Å². The van der Waals surface area contributed by atoms with Gasteiger partial charge in [-0.1, -0.05) is 39.0 Å². The first kappa shape index (κ1) is 14.6. The predicted octanol–water partition coefficient (Wildman–Crippen LogP) is 3.94. The zero-order chi connectivity index (χ0) is 13.9. The van der Waals surface area contributed by atoms with Crippen LogP contribution >= 0.6 is 11.8 Å². The van der Waals surface area contributed by atoms with E-state index < -0.39 is 0 Å². The van der Waals surface area contributed by atoms with Gasteiger partial charge < -0.3 is 4.74 Å². The lowest BCUT2D eigenvalue weighted by Crippen LogP contribution is -2.29. The maximum absolute atomic E-state index is 12.1. The number of Topliss-reactive ketones (excluding diaryl/α,β-unsaturated/α-hetero) is 1. The van der Waals surface area contributed by atoms with Crippen LogP contribution in [-0.2, 0) is 9.53 Å². The molecule has 2 nitrogen and oxygen atoms in total. The number of hydrogen-bond acceptors (Lipinski definition) is 3. The molecule has 0 bridgehead atoms. The third-order valence-corrected chi connectivity index (χ3v) is 4.79. The molecule has 1 saturated heterocycles. The van der Waals surface area contributed by atoms with E-state index in [1.807, 2.05) is 50.7 Å². The quantitative estimate of drug-likeness (QED) is 0.834. The standard InChI is InChI=1S/C16H22O2S/c1-16(2,3)15(17)11-13-14(9-10-18-13)19-12-7-5-4-6-8-12/h4-8,13-14H,9-11H2,1-3H3. The fourth-order valence-corrected chi connectivity index (χ4v) is 3.32. The highest BCUT2D eigenvalue weighted by Gasteiger charge is 2.33. The van der Waals surface area contributed by atoms with E-state index in [9.17, 15) is 4.79 Å². The number of carbonyl (C=O) groups is 1. The summed E-state index contributed by atoms with van der Waals surface area (Å²) in [6, 6.07) is 10.4. The molecule has 2 rings (SSSR count). The summed E-state index contributed by atoms with van der Waals surface area (Å²) in [7, 11) is 0. The lowest BCUT2D eigenvalue weighted by Gasteiger charge is -2.22. The molecule has 0 spiro atoms. The molecule has 19 heavy (non-hydrogen) atoms. The molecule has 1 aliphatic heterocycles. The van der Waals surface area contributed by atoms with E-state index in [1.165, 1.54) is 4.90 Å². The molecule has 0 N–H and O–H groups in total. The van der Waals surface area contributed by atoms with Gasteiger partial charge in [0.25, 0.3) is 0 Å². The maximum atomic E-state index is 12.1. The summed E-state index contributed by atoms with van der Waals surface area (Å²) < 4.78 is 5.76. The Hall–Kier alpha value is -0.800. The third kappa shape index (κ3) is 4.08. The lowest BCUT2D eigenvalue weighted by atomic mass is 9.87. The summed E-state index contributed by atoms with van der Waals surface area (Å²) in [5.74, 6) is 0.290. The van der Waals surface area contributed by atoms with Gasteiger partial charge in [0.15, 0.2) is 0 Å². The topological polar surface area (TPSA) is 26.3 Å². The molecular weight excluding hydrogens is 256 g/mol. The minimum absolute atomic E-state index is 0.0666. The SMILES string of the molecule is CC(C)(C)C(=O)CC1OCCC1Sc1ccccc1. The molecule has 3 heteroatoms. The molecule has 2 atom stereocenters. The second-order valence-corrected chi connectivity index (χ2v) is 7.36. The first-order valence-electron chi connectivity index (χ1n) is 6.83. The molecule has 0 saturated carbocycles. The van der Waals surface area contributed by atoms with Gasteiger partial charge in [-0.25, -0.2) is 0 Å². The molecule has 1 heterocycles. The molecule has 1 aliphatic rings. The number of ether oxygens (including phenoxy) is 1. The average molecular weight is 278 g/mol. The Morgan fingerprint density at radius 2 is 2.00 bits per heavy atom. The van der Waals surface area contributed by atoms with Crippen molar-refractivity contribution in [2.75, 3.05) is 6.61 Å². The van der Waals surface area contributed by atoms with E-state index in [-0.39, 0.29) is 17.3 Å². The van der Waals surface area contributed by atoms with Crippen LogP contribution in [0.4, 0.5) is 0 Å². The fourth-order valence-electron chi connectivity index (χ4n) is 2.12. The van der Waals surface area contributed by atoms with Crippen molar-refractivity contribution in [3.8, 4) is 0 Å². The Balaban J connectivity index is 1.96. The molecule has 1 aromatic carbocycles. The van der Waals surface area contributed by atoms with Gasteiger partial charge in [-0.2, -0.15) is 0 Å². The van der Waals surface area contributed by atoms with Crippen LogP contribution in [0.25, 0.3) is 0 Å². The molecule has 0 aliphatic carbocycles. The van der Waals surface area contributed by atoms with Crippen molar-refractivity contribution in [1.29, 1.82) is 0 Å². The number of hydrogen-bond donors (Lipinski definition) is 0. The predicted molar refractivity (Wildman–Crippen MR) is 79.5 cm³/mol. The van der Waals surface area contributed by atoms with Crippen molar-refractivity contribution in [1.82, 2.24) is 0 Å². The van der Waals surface area contributed by atoms with E-state index >= 15 is 0 Å². The minimum atomic E-state index is -0.270. The summed E-state index contributed by atoms with van der Waals surface area (Å²) in [5.41, 5.74) is -0.270. The normalized spacial score (nSPS) is 23.5. The van der Waals surface area contributed by atoms with Crippen LogP contribution in [0.3, 0.4) is 0 Å². The van der Waals surface area contributed by atoms with Crippen LogP contribution in [-0.4, -0.2) is 23.7 Å². The first-order chi connectivity index (χ1) is 8.97. The number of benzene rings is 1. The monoisotopic (exact) mass is 278 g/mol. The van der Waals surface area contributed by atoms with Crippen LogP contribution in [0, 0.1) is 5.41 Å². The largest absolute Gasteiger partial charge is 0.377 e. The molecule has 0 aromatic heterocycles. The van der Waals surface area contributed by atoms with Crippen LogP contribution in [0.2, 0.25) is 0 Å². The van der Waals surface area contributed by atoms with Gasteiger partial charge in [-0.05, 0) is 18.6 Å². The second kappa shape index (κ2) is 6.10. The maximum Gasteiger partial charge on any atom is 0.140 e. The average Bonchev–Trinajstić information content (AvgIpc) is 2.77. The van der Waals surface area contributed by atoms with Crippen LogP contribution in [0.1, 0.15) is 33.6 Å². The van der Waals surface area contributed by atoms with Crippen molar-refractivity contribution in [3.05, 3.63) is 30.3 Å². The zero-order valence-corrected chi connectivity index (χ0v) is 12.7. The Kier molecular flexibility index (Phi) is 4.69. The van der Waals surface area contributed by atoms with Crippen molar-refractivity contribution < 1.29 is 9.53 Å². The Labute approximate surface area is 119 Å². The zero-order valence-electron chi connectivity index (χ0n) is 11.9. The summed E-state index contributed by atoms with van der Waals surface area (Å²) in [6.07, 6.45) is 1.63. The molecule has 1 aromatic rings. The minimum Gasteiger partial charge on any atom is -0.377 e. The van der Waals surface area contributed by atoms with E-state index in [0.29, 0.717) is 11.7 Å². The summed E-state index contributed by atoms with van der Waals surface area (Å²) in [6.45, 7) is 6.70. The van der Waals surface area contributed by atoms with Gasteiger partial charge in [-0.15, -0.1) is 11.8 Å². The van der Waals surface area contributed by atoms with Crippen LogP contribution in [0.5, 0.6) is 0 Å². The second-order valence-electron chi connectivity index (χ2n) is 6.04. The third-order valence-electron chi connectivity index (χ3n) is 3.40. The van der Waals surface area contributed by atoms with Gasteiger partial charge in [0.2, 0.25) is 0 Å². The van der Waals surface area contributed by atoms with Gasteiger partial charge in [-0.3, -0.25) is 4.79 Å². The number of rotatable bonds is 4. The van der Waals surface area contributed by atoms with Gasteiger partial charge in [0.05, 0.1) is 6.10 Å². The van der Waals surface area contributed by atoms with Crippen LogP contribution in [0.15, 0.2) is 35.2 Å². The van der Waals surface area contributed by atoms with Crippen molar-refractivity contribution in [3.63, 3.8) is 0 Å². The summed E-state index contributed by atoms with van der Waals surface area (Å²) >= 11 is 1.83. The molecule has 2 unspecified atom stereocenters. The molecule has 104 valence electrons. The summed E-state index contributed by atoms with van der Waals surface area (Å²) in [4.78, 5) is 13.4. The van der Waals surface area contributed by atoms with Crippen molar-refractivity contribution in [2.45, 2.75) is 49.9 Å². The van der Waals surface area contributed by atoms with E-state index in [2.05, 4.69) is 12.1 Å². The molecule has 1 fully saturated rings. The van der Waals surface area contributed by atoms with Crippen molar-refractivity contribution >= 4 is 17.5 Å². The molecule has 0 amide bonds. The smallest absolute Gasteiger partial charge is 0.140 e. The Morgan fingerprint density at radius 1 is 1.32 bits per heavy atom. The Morgan fingerprint density at radius 3 is 2.63 bits per heavy atom. The number of ketones is 1. The number of carbonyl (C=O) groups excluding carboxylic acids is 1. The fraction of sp³-hybridized carbons (Fsp3) is 0.562. The van der Waals surface area contributed by atoms with Gasteiger partial charge >= 0.3 is 0 Å². The van der Waals surface area contributed by atoms with E-state index in [1.54, 1.807) is 0 Å². The van der Waals surface area contributed by atoms with E-state index in [0.717, 1.165) is 13.0 Å². The van der Waals surface area contributed by atoms with Gasteiger partial charge in [0, 0.05) is 28.6 Å². The molecular formula is C16H22O2S. The highest BCUT2D eigenvalue weighted by Crippen LogP contribution is 2.35. The highest BCUT2D eigenvalue weighted by molar-refractivity contribution is 8.00. The highest BCUT2D eigenvalue weighted by atomic mass is 32.2. The Bertz CT molecular complexity index is 422. The number of thioether (sulfide) groups is 1.